The lowest BCUT2D eigenvalue weighted by atomic mass is 9.78. The van der Waals surface area contributed by atoms with Crippen molar-refractivity contribution in [2.45, 2.75) is 71.9 Å². The van der Waals surface area contributed by atoms with E-state index in [1.165, 1.54) is 44.2 Å². The Morgan fingerprint density at radius 1 is 1.12 bits per heavy atom. The van der Waals surface area contributed by atoms with Crippen LogP contribution in [0.25, 0.3) is 11.0 Å². The number of fused-ring (bicyclic) bond motifs is 1. The van der Waals surface area contributed by atoms with Crippen LogP contribution in [0.1, 0.15) is 69.1 Å². The van der Waals surface area contributed by atoms with E-state index < -0.39 is 17.7 Å². The maximum absolute atomic E-state index is 12.6. The highest BCUT2D eigenvalue weighted by Gasteiger charge is 2.30. The van der Waals surface area contributed by atoms with Gasteiger partial charge in [-0.15, -0.1) is 0 Å². The normalized spacial score (nSPS) is 15.5. The fourth-order valence-corrected chi connectivity index (χ4v) is 4.17. The number of halogens is 3. The van der Waals surface area contributed by atoms with Gasteiger partial charge in [0.15, 0.2) is 0 Å². The van der Waals surface area contributed by atoms with Crippen LogP contribution in [0.4, 0.5) is 24.8 Å². The van der Waals surface area contributed by atoms with Crippen molar-refractivity contribution in [1.82, 2.24) is 9.97 Å². The van der Waals surface area contributed by atoms with Gasteiger partial charge in [-0.05, 0) is 79.1 Å². The standard InChI is InChI=1S/C18H16F3N3O2.C8H16/c1-10-8-14-15(9-11(10)2-7-16(25)26)24-17(23-14)22-13-5-3-12(4-6-13)18(19,20)21;1-8(2)6-4-3-5-7-8/h3-6,8-9H,2,7H2,1H3,(H,25,26)(H2,22,23,24);3-7H2,1-2H3. The second-order valence-electron chi connectivity index (χ2n) is 9.70. The number of alkyl halides is 3. The average molecular weight is 476 g/mol. The molecule has 0 aliphatic heterocycles. The summed E-state index contributed by atoms with van der Waals surface area (Å²) in [6, 6.07) is 8.36. The molecular formula is C26H32F3N3O2. The fourth-order valence-electron chi connectivity index (χ4n) is 4.17. The summed E-state index contributed by atoms with van der Waals surface area (Å²) >= 11 is 0. The Kier molecular flexibility index (Phi) is 7.89. The molecule has 0 amide bonds. The van der Waals surface area contributed by atoms with Crippen LogP contribution in [0.3, 0.4) is 0 Å². The van der Waals surface area contributed by atoms with E-state index in [-0.39, 0.29) is 6.42 Å². The molecule has 184 valence electrons. The first-order valence-corrected chi connectivity index (χ1v) is 11.6. The topological polar surface area (TPSA) is 78.0 Å². The summed E-state index contributed by atoms with van der Waals surface area (Å²) in [4.78, 5) is 18.2. The Bertz CT molecular complexity index is 1110. The molecule has 0 bridgehead atoms. The van der Waals surface area contributed by atoms with Crippen LogP contribution in [0.15, 0.2) is 36.4 Å². The molecule has 1 fully saturated rings. The molecule has 0 unspecified atom stereocenters. The van der Waals surface area contributed by atoms with Crippen LogP contribution < -0.4 is 5.32 Å². The number of benzene rings is 2. The van der Waals surface area contributed by atoms with Crippen LogP contribution in [-0.4, -0.2) is 21.0 Å². The van der Waals surface area contributed by atoms with Gasteiger partial charge in [0.25, 0.3) is 0 Å². The first-order chi connectivity index (χ1) is 15.9. The number of anilines is 2. The number of carbonyl (C=O) groups is 1. The SMILES string of the molecule is CC1(C)CCCCC1.Cc1cc2[nH]c(Nc3ccc(C(F)(F)F)cc3)nc2cc1CCC(=O)O. The van der Waals surface area contributed by atoms with Gasteiger partial charge in [-0.3, -0.25) is 4.79 Å². The number of carboxylic acids is 1. The molecule has 1 saturated carbocycles. The molecule has 34 heavy (non-hydrogen) atoms. The summed E-state index contributed by atoms with van der Waals surface area (Å²) < 4.78 is 37.8. The van der Waals surface area contributed by atoms with Gasteiger partial charge in [-0.25, -0.2) is 4.98 Å². The number of carboxylic acid groups (broad SMARTS) is 1. The van der Waals surface area contributed by atoms with Crippen molar-refractivity contribution < 1.29 is 23.1 Å². The Morgan fingerprint density at radius 3 is 2.29 bits per heavy atom. The minimum absolute atomic E-state index is 0.0351. The van der Waals surface area contributed by atoms with Gasteiger partial charge in [0, 0.05) is 12.1 Å². The summed E-state index contributed by atoms with van der Waals surface area (Å²) in [5, 5.41) is 11.7. The maximum atomic E-state index is 12.6. The van der Waals surface area contributed by atoms with E-state index in [0.29, 0.717) is 29.0 Å². The minimum atomic E-state index is -4.37. The molecule has 5 nitrogen and oxygen atoms in total. The van der Waals surface area contributed by atoms with E-state index in [2.05, 4.69) is 29.1 Å². The van der Waals surface area contributed by atoms with E-state index in [4.69, 9.17) is 5.11 Å². The van der Waals surface area contributed by atoms with Crippen LogP contribution in [0, 0.1) is 12.3 Å². The molecular weight excluding hydrogens is 443 g/mol. The number of hydrogen-bond donors (Lipinski definition) is 3. The highest BCUT2D eigenvalue weighted by Crippen LogP contribution is 2.34. The van der Waals surface area contributed by atoms with Gasteiger partial charge in [-0.1, -0.05) is 33.1 Å². The lowest BCUT2D eigenvalue weighted by Gasteiger charge is -2.28. The Balaban J connectivity index is 0.000000343. The van der Waals surface area contributed by atoms with Gasteiger partial charge in [-0.2, -0.15) is 13.2 Å². The van der Waals surface area contributed by atoms with E-state index in [1.807, 2.05) is 19.1 Å². The van der Waals surface area contributed by atoms with Crippen molar-refractivity contribution in [2.75, 3.05) is 5.32 Å². The summed E-state index contributed by atoms with van der Waals surface area (Å²) in [5.74, 6) is -0.467. The molecule has 4 rings (SSSR count). The molecule has 0 radical (unpaired) electrons. The number of aryl methyl sites for hydroxylation is 2. The zero-order valence-electron chi connectivity index (χ0n) is 19.9. The van der Waals surface area contributed by atoms with Crippen molar-refractivity contribution in [2.24, 2.45) is 5.41 Å². The number of nitrogens with one attached hydrogen (secondary N) is 2. The number of rotatable bonds is 5. The number of imidazole rings is 1. The minimum Gasteiger partial charge on any atom is -0.481 e. The zero-order valence-corrected chi connectivity index (χ0v) is 19.9. The molecule has 0 saturated heterocycles. The van der Waals surface area contributed by atoms with Crippen molar-refractivity contribution in [3.63, 3.8) is 0 Å². The monoisotopic (exact) mass is 475 g/mol. The third kappa shape index (κ3) is 7.23. The number of aromatic nitrogens is 2. The van der Waals surface area contributed by atoms with Crippen LogP contribution in [0.2, 0.25) is 0 Å². The van der Waals surface area contributed by atoms with Crippen LogP contribution in [0.5, 0.6) is 0 Å². The number of H-pyrrole nitrogens is 1. The molecule has 1 aliphatic carbocycles. The smallest absolute Gasteiger partial charge is 0.416 e. The first kappa shape index (κ1) is 25.6. The highest BCUT2D eigenvalue weighted by atomic mass is 19.4. The summed E-state index contributed by atoms with van der Waals surface area (Å²) in [6.07, 6.45) is 3.38. The van der Waals surface area contributed by atoms with Crippen LogP contribution >= 0.6 is 0 Å². The summed E-state index contributed by atoms with van der Waals surface area (Å²) in [6.45, 7) is 6.65. The summed E-state index contributed by atoms with van der Waals surface area (Å²) in [5.41, 5.74) is 3.70. The molecule has 1 heterocycles. The second-order valence-corrected chi connectivity index (χ2v) is 9.70. The number of aliphatic carboxylic acids is 1. The number of aromatic amines is 1. The first-order valence-electron chi connectivity index (χ1n) is 11.6. The van der Waals surface area contributed by atoms with Crippen molar-refractivity contribution in [3.05, 3.63) is 53.1 Å². The second kappa shape index (κ2) is 10.5. The van der Waals surface area contributed by atoms with Crippen molar-refractivity contribution in [3.8, 4) is 0 Å². The van der Waals surface area contributed by atoms with E-state index in [9.17, 15) is 18.0 Å². The highest BCUT2D eigenvalue weighted by molar-refractivity contribution is 5.80. The maximum Gasteiger partial charge on any atom is 0.416 e. The van der Waals surface area contributed by atoms with E-state index in [1.54, 1.807) is 0 Å². The van der Waals surface area contributed by atoms with Gasteiger partial charge in [0.1, 0.15) is 0 Å². The predicted molar refractivity (Wildman–Crippen MR) is 128 cm³/mol. The third-order valence-electron chi connectivity index (χ3n) is 6.23. The molecule has 0 spiro atoms. The molecule has 3 aromatic rings. The largest absolute Gasteiger partial charge is 0.481 e. The van der Waals surface area contributed by atoms with Gasteiger partial charge in [0.05, 0.1) is 16.6 Å². The molecule has 3 N–H and O–H groups in total. The van der Waals surface area contributed by atoms with Gasteiger partial charge < -0.3 is 15.4 Å². The van der Waals surface area contributed by atoms with E-state index >= 15 is 0 Å². The lowest BCUT2D eigenvalue weighted by Crippen LogP contribution is -2.14. The fraction of sp³-hybridized carbons (Fsp3) is 0.462. The Hall–Kier alpha value is -3.03. The molecule has 1 aliphatic rings. The summed E-state index contributed by atoms with van der Waals surface area (Å²) in [7, 11) is 0. The molecule has 2 aromatic carbocycles. The molecule has 1 aromatic heterocycles. The van der Waals surface area contributed by atoms with Crippen molar-refractivity contribution in [1.29, 1.82) is 0 Å². The molecule has 8 heteroatoms. The molecule has 0 atom stereocenters. The average Bonchev–Trinajstić information content (AvgIpc) is 3.12. The van der Waals surface area contributed by atoms with Crippen LogP contribution in [-0.2, 0) is 17.4 Å². The van der Waals surface area contributed by atoms with Gasteiger partial charge >= 0.3 is 12.1 Å². The van der Waals surface area contributed by atoms with Gasteiger partial charge in [0.2, 0.25) is 5.95 Å². The lowest BCUT2D eigenvalue weighted by molar-refractivity contribution is -0.138. The Labute approximate surface area is 197 Å². The quantitative estimate of drug-likeness (QED) is 0.355. The number of hydrogen-bond acceptors (Lipinski definition) is 3. The third-order valence-corrected chi connectivity index (χ3v) is 6.23. The van der Waals surface area contributed by atoms with Crippen molar-refractivity contribution >= 4 is 28.6 Å². The zero-order chi connectivity index (χ0) is 24.9. The van der Waals surface area contributed by atoms with E-state index in [0.717, 1.165) is 28.8 Å². The predicted octanol–water partition coefficient (Wildman–Crippen LogP) is 7.63. The number of nitrogens with zero attached hydrogens (tertiary/aromatic N) is 1. The Morgan fingerprint density at radius 2 is 1.76 bits per heavy atom.